The van der Waals surface area contributed by atoms with Crippen molar-refractivity contribution >= 4 is 25.8 Å². The van der Waals surface area contributed by atoms with Crippen LogP contribution in [0.25, 0.3) is 0 Å². The fourth-order valence-corrected chi connectivity index (χ4v) is 3.11. The maximum Gasteiger partial charge on any atom is 0.155 e. The molecule has 0 aliphatic rings. The van der Waals surface area contributed by atoms with Crippen molar-refractivity contribution in [2.75, 3.05) is 13.4 Å². The van der Waals surface area contributed by atoms with Gasteiger partial charge in [0.15, 0.2) is 9.84 Å². The standard InChI is InChI=1S/C14H21BrO4S/c1-8-7-10(15)9(2)11(12(8)19-5)13(16)14(3,4)20(6,17)18/h7,13,16H,1-6H3. The number of halogens is 1. The average Bonchev–Trinajstić information content (AvgIpc) is 2.31. The van der Waals surface area contributed by atoms with Crippen molar-refractivity contribution < 1.29 is 18.3 Å². The van der Waals surface area contributed by atoms with Gasteiger partial charge in [0.1, 0.15) is 11.9 Å². The Balaban J connectivity index is 3.62. The minimum Gasteiger partial charge on any atom is -0.496 e. The van der Waals surface area contributed by atoms with Crippen LogP contribution < -0.4 is 4.74 Å². The predicted octanol–water partition coefficient (Wildman–Crippen LogP) is 2.93. The number of ether oxygens (including phenoxy) is 1. The number of sulfone groups is 1. The second-order valence-electron chi connectivity index (χ2n) is 5.53. The lowest BCUT2D eigenvalue weighted by Gasteiger charge is -2.31. The first-order valence-electron chi connectivity index (χ1n) is 6.16. The van der Waals surface area contributed by atoms with Gasteiger partial charge in [0, 0.05) is 16.3 Å². The molecule has 114 valence electrons. The summed E-state index contributed by atoms with van der Waals surface area (Å²) < 4.78 is 28.7. The smallest absolute Gasteiger partial charge is 0.155 e. The van der Waals surface area contributed by atoms with E-state index in [4.69, 9.17) is 4.74 Å². The molecule has 1 N–H and O–H groups in total. The summed E-state index contributed by atoms with van der Waals surface area (Å²) in [6.45, 7) is 6.71. The first-order chi connectivity index (χ1) is 8.95. The van der Waals surface area contributed by atoms with Gasteiger partial charge in [-0.2, -0.15) is 0 Å². The summed E-state index contributed by atoms with van der Waals surface area (Å²) in [7, 11) is -1.92. The lowest BCUT2D eigenvalue weighted by atomic mass is 9.92. The fourth-order valence-electron chi connectivity index (χ4n) is 2.03. The van der Waals surface area contributed by atoms with Crippen LogP contribution in [0.5, 0.6) is 5.75 Å². The molecule has 4 nitrogen and oxygen atoms in total. The molecule has 1 rings (SSSR count). The number of hydrogen-bond acceptors (Lipinski definition) is 4. The molecule has 0 spiro atoms. The van der Waals surface area contributed by atoms with E-state index in [0.717, 1.165) is 21.9 Å². The van der Waals surface area contributed by atoms with E-state index in [1.54, 1.807) is 0 Å². The molecule has 0 bridgehead atoms. The van der Waals surface area contributed by atoms with Gasteiger partial charge in [-0.05, 0) is 44.9 Å². The fraction of sp³-hybridized carbons (Fsp3) is 0.571. The van der Waals surface area contributed by atoms with Crippen molar-refractivity contribution in [1.29, 1.82) is 0 Å². The molecule has 20 heavy (non-hydrogen) atoms. The van der Waals surface area contributed by atoms with Crippen molar-refractivity contribution in [1.82, 2.24) is 0 Å². The van der Waals surface area contributed by atoms with Crippen LogP contribution in [0.1, 0.15) is 36.6 Å². The van der Waals surface area contributed by atoms with Crippen molar-refractivity contribution in [2.24, 2.45) is 0 Å². The second-order valence-corrected chi connectivity index (χ2v) is 8.98. The van der Waals surface area contributed by atoms with E-state index in [-0.39, 0.29) is 0 Å². The number of aliphatic hydroxyl groups is 1. The first kappa shape index (κ1) is 17.5. The Hall–Kier alpha value is -0.590. The summed E-state index contributed by atoms with van der Waals surface area (Å²) in [4.78, 5) is 0. The average molecular weight is 365 g/mol. The highest BCUT2D eigenvalue weighted by Gasteiger charge is 2.41. The minimum atomic E-state index is -3.44. The van der Waals surface area contributed by atoms with Gasteiger partial charge in [0.2, 0.25) is 0 Å². The van der Waals surface area contributed by atoms with E-state index in [0.29, 0.717) is 11.3 Å². The first-order valence-corrected chi connectivity index (χ1v) is 8.84. The second kappa shape index (κ2) is 5.66. The summed E-state index contributed by atoms with van der Waals surface area (Å²) >= 11 is 3.43. The van der Waals surface area contributed by atoms with E-state index in [1.165, 1.54) is 21.0 Å². The molecule has 1 aromatic rings. The summed E-state index contributed by atoms with van der Waals surface area (Å²) in [6, 6.07) is 1.89. The Labute approximate surface area is 129 Å². The number of methoxy groups -OCH3 is 1. The van der Waals surface area contributed by atoms with E-state index >= 15 is 0 Å². The normalized spacial score (nSPS) is 14.2. The highest BCUT2D eigenvalue weighted by Crippen LogP contribution is 2.42. The lowest BCUT2D eigenvalue weighted by Crippen LogP contribution is -2.38. The molecule has 0 aromatic heterocycles. The molecule has 0 aliphatic carbocycles. The van der Waals surface area contributed by atoms with Crippen LogP contribution in [0.4, 0.5) is 0 Å². The van der Waals surface area contributed by atoms with Gasteiger partial charge in [-0.15, -0.1) is 0 Å². The van der Waals surface area contributed by atoms with E-state index in [9.17, 15) is 13.5 Å². The van der Waals surface area contributed by atoms with Crippen molar-refractivity contribution in [3.63, 3.8) is 0 Å². The van der Waals surface area contributed by atoms with Crippen LogP contribution in [0.3, 0.4) is 0 Å². The van der Waals surface area contributed by atoms with Crippen LogP contribution in [0.2, 0.25) is 0 Å². The zero-order valence-electron chi connectivity index (χ0n) is 12.6. The van der Waals surface area contributed by atoms with Crippen LogP contribution in [0, 0.1) is 13.8 Å². The van der Waals surface area contributed by atoms with Crippen LogP contribution in [-0.4, -0.2) is 31.6 Å². The molecule has 0 saturated heterocycles. The number of benzene rings is 1. The third-order valence-electron chi connectivity index (χ3n) is 3.80. The maximum absolute atomic E-state index is 11.9. The molecule has 0 fully saturated rings. The molecule has 0 heterocycles. The Morgan fingerprint density at radius 3 is 2.25 bits per heavy atom. The topological polar surface area (TPSA) is 63.6 Å². The van der Waals surface area contributed by atoms with Gasteiger partial charge in [-0.3, -0.25) is 0 Å². The highest BCUT2D eigenvalue weighted by atomic mass is 79.9. The summed E-state index contributed by atoms with van der Waals surface area (Å²) in [6.07, 6.45) is -0.0493. The molecular formula is C14H21BrO4S. The Bertz CT molecular complexity index is 621. The Kier molecular flexibility index (Phi) is 4.94. The minimum absolute atomic E-state index is 0.509. The molecule has 6 heteroatoms. The number of aryl methyl sites for hydroxylation is 1. The monoisotopic (exact) mass is 364 g/mol. The van der Waals surface area contributed by atoms with Crippen molar-refractivity contribution in [2.45, 2.75) is 38.5 Å². The van der Waals surface area contributed by atoms with Crippen LogP contribution in [0.15, 0.2) is 10.5 Å². The van der Waals surface area contributed by atoms with Gasteiger partial charge in [-0.1, -0.05) is 15.9 Å². The number of rotatable bonds is 4. The summed E-state index contributed by atoms with van der Waals surface area (Å²) in [5.41, 5.74) is 2.12. The third-order valence-corrected chi connectivity index (χ3v) is 6.76. The van der Waals surface area contributed by atoms with Crippen molar-refractivity contribution in [3.8, 4) is 5.75 Å². The molecule has 1 unspecified atom stereocenters. The van der Waals surface area contributed by atoms with Gasteiger partial charge in [0.05, 0.1) is 11.9 Å². The molecule has 1 aromatic carbocycles. The number of aliphatic hydroxyl groups excluding tert-OH is 1. The molecular weight excluding hydrogens is 344 g/mol. The highest BCUT2D eigenvalue weighted by molar-refractivity contribution is 9.10. The zero-order valence-corrected chi connectivity index (χ0v) is 15.0. The zero-order chi connectivity index (χ0) is 15.9. The molecule has 0 saturated carbocycles. The Morgan fingerprint density at radius 2 is 1.85 bits per heavy atom. The molecule has 0 radical (unpaired) electrons. The molecule has 0 aliphatic heterocycles. The molecule has 0 amide bonds. The predicted molar refractivity (Wildman–Crippen MR) is 84.1 cm³/mol. The SMILES string of the molecule is COc1c(C)cc(Br)c(C)c1C(O)C(C)(C)S(C)(=O)=O. The van der Waals surface area contributed by atoms with Crippen LogP contribution >= 0.6 is 15.9 Å². The number of hydrogen-bond donors (Lipinski definition) is 1. The summed E-state index contributed by atoms with van der Waals surface area (Å²) in [5.74, 6) is 0.523. The van der Waals surface area contributed by atoms with Gasteiger partial charge in [-0.25, -0.2) is 8.42 Å². The third kappa shape index (κ3) is 2.87. The molecule has 1 atom stereocenters. The quantitative estimate of drug-likeness (QED) is 0.891. The lowest BCUT2D eigenvalue weighted by molar-refractivity contribution is 0.135. The van der Waals surface area contributed by atoms with Gasteiger partial charge < -0.3 is 9.84 Å². The van der Waals surface area contributed by atoms with Crippen LogP contribution in [-0.2, 0) is 9.84 Å². The van der Waals surface area contributed by atoms with Gasteiger partial charge in [0.25, 0.3) is 0 Å². The maximum atomic E-state index is 11.9. The van der Waals surface area contributed by atoms with E-state index in [1.807, 2.05) is 19.9 Å². The van der Waals surface area contributed by atoms with Crippen molar-refractivity contribution in [3.05, 3.63) is 27.2 Å². The Morgan fingerprint density at radius 1 is 1.35 bits per heavy atom. The van der Waals surface area contributed by atoms with Gasteiger partial charge >= 0.3 is 0 Å². The van der Waals surface area contributed by atoms with E-state index in [2.05, 4.69) is 15.9 Å². The summed E-state index contributed by atoms with van der Waals surface area (Å²) in [5, 5.41) is 10.6. The van der Waals surface area contributed by atoms with E-state index < -0.39 is 20.7 Å². The largest absolute Gasteiger partial charge is 0.496 e.